The summed E-state index contributed by atoms with van der Waals surface area (Å²) >= 11 is 0. The van der Waals surface area contributed by atoms with Gasteiger partial charge in [-0.15, -0.1) is 0 Å². The number of hydrogen-bond acceptors (Lipinski definition) is 3. The fourth-order valence-corrected chi connectivity index (χ4v) is 2.02. The Morgan fingerprint density at radius 1 is 1.27 bits per heavy atom. The van der Waals surface area contributed by atoms with Crippen LogP contribution in [0.2, 0.25) is 0 Å². The predicted octanol–water partition coefficient (Wildman–Crippen LogP) is 2.65. The zero-order chi connectivity index (χ0) is 10.9. The second-order valence-corrected chi connectivity index (χ2v) is 4.13. The molecule has 0 radical (unpaired) electrons. The molecular formula is C12H21NO2. The van der Waals surface area contributed by atoms with Crippen molar-refractivity contribution < 1.29 is 9.47 Å². The second kappa shape index (κ2) is 7.67. The Hall–Kier alpha value is -0.590. The molecule has 0 N–H and O–H groups in total. The van der Waals surface area contributed by atoms with Gasteiger partial charge >= 0.3 is 0 Å². The van der Waals surface area contributed by atoms with Crippen LogP contribution in [0, 0.1) is 11.3 Å². The zero-order valence-electron chi connectivity index (χ0n) is 9.58. The van der Waals surface area contributed by atoms with Crippen molar-refractivity contribution in [3.63, 3.8) is 0 Å². The van der Waals surface area contributed by atoms with Gasteiger partial charge in [0.1, 0.15) is 0 Å². The lowest BCUT2D eigenvalue weighted by Crippen LogP contribution is -2.27. The third-order valence-electron chi connectivity index (χ3n) is 2.95. The summed E-state index contributed by atoms with van der Waals surface area (Å²) in [5, 5.41) is 8.37. The van der Waals surface area contributed by atoms with Crippen molar-refractivity contribution >= 4 is 0 Å². The van der Waals surface area contributed by atoms with E-state index in [1.165, 1.54) is 12.8 Å². The Morgan fingerprint density at radius 2 is 2.07 bits per heavy atom. The summed E-state index contributed by atoms with van der Waals surface area (Å²) in [7, 11) is 1.78. The van der Waals surface area contributed by atoms with Crippen LogP contribution in [0.3, 0.4) is 0 Å². The topological polar surface area (TPSA) is 42.2 Å². The highest BCUT2D eigenvalue weighted by atomic mass is 16.5. The number of nitrogens with zero attached hydrogens (tertiary/aromatic N) is 1. The lowest BCUT2D eigenvalue weighted by molar-refractivity contribution is -0.0301. The standard InChI is InChI=1S/C12H21NO2/c1-14-11-6-5-7-12(10-11)15-9-4-2-3-8-13/h11-12H,2-7,9-10H2,1H3. The summed E-state index contributed by atoms with van der Waals surface area (Å²) in [4.78, 5) is 0. The predicted molar refractivity (Wildman–Crippen MR) is 58.5 cm³/mol. The number of ether oxygens (including phenoxy) is 2. The van der Waals surface area contributed by atoms with E-state index >= 15 is 0 Å². The van der Waals surface area contributed by atoms with Gasteiger partial charge in [-0.1, -0.05) is 0 Å². The van der Waals surface area contributed by atoms with Gasteiger partial charge in [0.2, 0.25) is 0 Å². The molecule has 15 heavy (non-hydrogen) atoms. The number of rotatable bonds is 6. The summed E-state index contributed by atoms with van der Waals surface area (Å²) in [5.74, 6) is 0. The van der Waals surface area contributed by atoms with Gasteiger partial charge in [-0.3, -0.25) is 0 Å². The Bertz CT molecular complexity index is 200. The smallest absolute Gasteiger partial charge is 0.0621 e. The molecule has 0 spiro atoms. The van der Waals surface area contributed by atoms with Gasteiger partial charge in [-0.2, -0.15) is 5.26 Å². The maximum Gasteiger partial charge on any atom is 0.0621 e. The lowest BCUT2D eigenvalue weighted by atomic mass is 9.95. The molecule has 0 aliphatic heterocycles. The molecule has 86 valence electrons. The summed E-state index contributed by atoms with van der Waals surface area (Å²) in [6, 6.07) is 2.15. The van der Waals surface area contributed by atoms with Gasteiger partial charge in [0.25, 0.3) is 0 Å². The highest BCUT2D eigenvalue weighted by Gasteiger charge is 2.21. The van der Waals surface area contributed by atoms with Crippen LogP contribution in [0.15, 0.2) is 0 Å². The molecule has 1 fully saturated rings. The van der Waals surface area contributed by atoms with Crippen LogP contribution in [0.1, 0.15) is 44.9 Å². The third-order valence-corrected chi connectivity index (χ3v) is 2.95. The minimum absolute atomic E-state index is 0.380. The van der Waals surface area contributed by atoms with E-state index in [9.17, 15) is 0 Å². The minimum Gasteiger partial charge on any atom is -0.381 e. The first-order valence-electron chi connectivity index (χ1n) is 5.88. The van der Waals surface area contributed by atoms with Crippen LogP contribution in [0.4, 0.5) is 0 Å². The Morgan fingerprint density at radius 3 is 2.80 bits per heavy atom. The van der Waals surface area contributed by atoms with Gasteiger partial charge in [0.15, 0.2) is 0 Å². The molecule has 0 aromatic heterocycles. The van der Waals surface area contributed by atoms with Crippen molar-refractivity contribution in [2.45, 2.75) is 57.2 Å². The highest BCUT2D eigenvalue weighted by Crippen LogP contribution is 2.23. The van der Waals surface area contributed by atoms with Crippen LogP contribution in [-0.2, 0) is 9.47 Å². The van der Waals surface area contributed by atoms with Crippen molar-refractivity contribution in [1.29, 1.82) is 5.26 Å². The fraction of sp³-hybridized carbons (Fsp3) is 0.917. The third kappa shape index (κ3) is 5.15. The largest absolute Gasteiger partial charge is 0.381 e. The van der Waals surface area contributed by atoms with Gasteiger partial charge in [0, 0.05) is 20.1 Å². The summed E-state index contributed by atoms with van der Waals surface area (Å²) in [6.45, 7) is 0.794. The average molecular weight is 211 g/mol. The molecule has 0 aromatic carbocycles. The van der Waals surface area contributed by atoms with E-state index in [0.29, 0.717) is 18.6 Å². The first-order chi connectivity index (χ1) is 7.36. The van der Waals surface area contributed by atoms with Crippen molar-refractivity contribution in [3.05, 3.63) is 0 Å². The first kappa shape index (κ1) is 12.5. The van der Waals surface area contributed by atoms with E-state index in [0.717, 1.165) is 32.3 Å². The van der Waals surface area contributed by atoms with Crippen LogP contribution < -0.4 is 0 Å². The second-order valence-electron chi connectivity index (χ2n) is 4.13. The van der Waals surface area contributed by atoms with E-state index in [-0.39, 0.29) is 0 Å². The van der Waals surface area contributed by atoms with Crippen LogP contribution in [0.25, 0.3) is 0 Å². The van der Waals surface area contributed by atoms with E-state index in [4.69, 9.17) is 14.7 Å². The number of hydrogen-bond donors (Lipinski definition) is 0. The molecule has 0 amide bonds. The number of unbranched alkanes of at least 4 members (excludes halogenated alkanes) is 2. The van der Waals surface area contributed by atoms with E-state index in [2.05, 4.69) is 6.07 Å². The van der Waals surface area contributed by atoms with Crippen molar-refractivity contribution in [3.8, 4) is 6.07 Å². The molecule has 0 aromatic rings. The normalized spacial score (nSPS) is 26.1. The molecule has 0 saturated heterocycles. The van der Waals surface area contributed by atoms with Crippen molar-refractivity contribution in [2.24, 2.45) is 0 Å². The Labute approximate surface area is 92.4 Å². The van der Waals surface area contributed by atoms with Crippen LogP contribution in [0.5, 0.6) is 0 Å². The van der Waals surface area contributed by atoms with E-state index in [1.807, 2.05) is 0 Å². The monoisotopic (exact) mass is 211 g/mol. The fourth-order valence-electron chi connectivity index (χ4n) is 2.02. The average Bonchev–Trinajstić information content (AvgIpc) is 2.29. The van der Waals surface area contributed by atoms with Crippen LogP contribution >= 0.6 is 0 Å². The molecule has 1 rings (SSSR count). The Kier molecular flexibility index (Phi) is 6.38. The van der Waals surface area contributed by atoms with Gasteiger partial charge in [-0.05, 0) is 38.5 Å². The summed E-state index contributed by atoms with van der Waals surface area (Å²) in [5.41, 5.74) is 0. The molecule has 1 aliphatic rings. The molecule has 2 atom stereocenters. The lowest BCUT2D eigenvalue weighted by Gasteiger charge is -2.28. The van der Waals surface area contributed by atoms with E-state index < -0.39 is 0 Å². The van der Waals surface area contributed by atoms with Gasteiger partial charge in [-0.25, -0.2) is 0 Å². The summed E-state index contributed by atoms with van der Waals surface area (Å²) in [6.07, 6.45) is 7.96. The van der Waals surface area contributed by atoms with E-state index in [1.54, 1.807) is 7.11 Å². The maximum absolute atomic E-state index is 8.37. The molecule has 3 nitrogen and oxygen atoms in total. The molecular weight excluding hydrogens is 190 g/mol. The maximum atomic E-state index is 8.37. The summed E-state index contributed by atoms with van der Waals surface area (Å²) < 4.78 is 11.1. The first-order valence-corrected chi connectivity index (χ1v) is 5.88. The number of methoxy groups -OCH3 is 1. The van der Waals surface area contributed by atoms with Crippen LogP contribution in [-0.4, -0.2) is 25.9 Å². The number of nitriles is 1. The van der Waals surface area contributed by atoms with Gasteiger partial charge in [0.05, 0.1) is 18.3 Å². The quantitative estimate of drug-likeness (QED) is 0.634. The van der Waals surface area contributed by atoms with Gasteiger partial charge < -0.3 is 9.47 Å². The molecule has 0 heterocycles. The zero-order valence-corrected chi connectivity index (χ0v) is 9.58. The molecule has 1 aliphatic carbocycles. The Balaban J connectivity index is 2.03. The molecule has 0 bridgehead atoms. The minimum atomic E-state index is 0.380. The highest BCUT2D eigenvalue weighted by molar-refractivity contribution is 4.73. The van der Waals surface area contributed by atoms with Crippen molar-refractivity contribution in [1.82, 2.24) is 0 Å². The molecule has 1 saturated carbocycles. The molecule has 3 heteroatoms. The SMILES string of the molecule is COC1CCCC(OCCCCC#N)C1. The van der Waals surface area contributed by atoms with Crippen molar-refractivity contribution in [2.75, 3.05) is 13.7 Å². The molecule has 2 unspecified atom stereocenters.